The summed E-state index contributed by atoms with van der Waals surface area (Å²) in [7, 11) is 0. The van der Waals surface area contributed by atoms with Crippen LogP contribution in [0.4, 0.5) is 5.69 Å². The number of hydrogen-bond donors (Lipinski definition) is 2. The molecule has 0 unspecified atom stereocenters. The van der Waals surface area contributed by atoms with Crippen LogP contribution in [-0.2, 0) is 9.59 Å². The van der Waals surface area contributed by atoms with Crippen LogP contribution in [0.25, 0.3) is 0 Å². The molecular formula is C14H19BrN2O3. The highest BCUT2D eigenvalue weighted by Crippen LogP contribution is 2.19. The number of nitrogens with zero attached hydrogens (tertiary/aromatic N) is 1. The van der Waals surface area contributed by atoms with Crippen molar-refractivity contribution in [2.24, 2.45) is 0 Å². The first-order valence-corrected chi connectivity index (χ1v) is 7.21. The van der Waals surface area contributed by atoms with Gasteiger partial charge in [0, 0.05) is 16.7 Å². The Bertz CT molecular complexity index is 491. The number of carbonyl (C=O) groups is 2. The van der Waals surface area contributed by atoms with Crippen molar-refractivity contribution >= 4 is 33.5 Å². The van der Waals surface area contributed by atoms with Crippen molar-refractivity contribution in [3.63, 3.8) is 0 Å². The number of hydrogen-bond acceptors (Lipinski definition) is 3. The van der Waals surface area contributed by atoms with Crippen LogP contribution < -0.4 is 5.32 Å². The number of aryl methyl sites for hydroxylation is 1. The van der Waals surface area contributed by atoms with E-state index in [0.717, 1.165) is 15.7 Å². The third-order valence-corrected chi connectivity index (χ3v) is 3.41. The lowest BCUT2D eigenvalue weighted by molar-refractivity contribution is -0.137. The second-order valence-corrected chi connectivity index (χ2v) is 5.44. The van der Waals surface area contributed by atoms with Crippen LogP contribution in [0.3, 0.4) is 0 Å². The molecule has 0 bridgehead atoms. The monoisotopic (exact) mass is 342 g/mol. The summed E-state index contributed by atoms with van der Waals surface area (Å²) in [6, 6.07) is 5.63. The molecule has 1 aromatic rings. The minimum Gasteiger partial charge on any atom is -0.481 e. The molecule has 5 nitrogen and oxygen atoms in total. The molecule has 1 aromatic carbocycles. The number of carboxylic acid groups (broad SMARTS) is 1. The van der Waals surface area contributed by atoms with Crippen molar-refractivity contribution in [2.45, 2.75) is 20.3 Å². The highest BCUT2D eigenvalue weighted by Gasteiger charge is 2.11. The largest absolute Gasteiger partial charge is 0.481 e. The van der Waals surface area contributed by atoms with E-state index >= 15 is 0 Å². The first-order valence-electron chi connectivity index (χ1n) is 6.42. The van der Waals surface area contributed by atoms with Gasteiger partial charge in [0.2, 0.25) is 5.91 Å². The topological polar surface area (TPSA) is 69.6 Å². The fourth-order valence-corrected chi connectivity index (χ4v) is 2.24. The lowest BCUT2D eigenvalue weighted by Gasteiger charge is -2.19. The van der Waals surface area contributed by atoms with Gasteiger partial charge in [-0.15, -0.1) is 0 Å². The summed E-state index contributed by atoms with van der Waals surface area (Å²) in [5.74, 6) is -0.990. The molecule has 0 heterocycles. The molecular weight excluding hydrogens is 324 g/mol. The number of amides is 1. The first-order chi connectivity index (χ1) is 9.42. The molecule has 0 saturated heterocycles. The van der Waals surface area contributed by atoms with Crippen LogP contribution in [0.2, 0.25) is 0 Å². The quantitative estimate of drug-likeness (QED) is 0.798. The Kier molecular flexibility index (Phi) is 6.67. The summed E-state index contributed by atoms with van der Waals surface area (Å²) in [5, 5.41) is 11.5. The third kappa shape index (κ3) is 5.71. The summed E-state index contributed by atoms with van der Waals surface area (Å²) in [4.78, 5) is 24.3. The van der Waals surface area contributed by atoms with Gasteiger partial charge in [-0.25, -0.2) is 0 Å². The molecule has 0 aliphatic carbocycles. The van der Waals surface area contributed by atoms with Gasteiger partial charge in [0.05, 0.1) is 13.0 Å². The predicted octanol–water partition coefficient (Wildman–Crippen LogP) is 2.49. The number of nitrogens with one attached hydrogen (secondary N) is 1. The first kappa shape index (κ1) is 16.7. The maximum Gasteiger partial charge on any atom is 0.304 e. The number of carbonyl (C=O) groups excluding carboxylic acids is 1. The third-order valence-electron chi connectivity index (χ3n) is 2.92. The number of rotatable bonds is 7. The van der Waals surface area contributed by atoms with Gasteiger partial charge in [-0.3, -0.25) is 14.5 Å². The average molecular weight is 343 g/mol. The highest BCUT2D eigenvalue weighted by molar-refractivity contribution is 9.10. The molecule has 0 radical (unpaired) electrons. The molecule has 0 saturated carbocycles. The van der Waals surface area contributed by atoms with Gasteiger partial charge in [0.25, 0.3) is 0 Å². The van der Waals surface area contributed by atoms with E-state index in [2.05, 4.69) is 21.2 Å². The summed E-state index contributed by atoms with van der Waals surface area (Å²) in [6.07, 6.45) is 0.0401. The number of carboxylic acids is 1. The van der Waals surface area contributed by atoms with Gasteiger partial charge in [-0.2, -0.15) is 0 Å². The van der Waals surface area contributed by atoms with Gasteiger partial charge in [-0.1, -0.05) is 22.9 Å². The zero-order chi connectivity index (χ0) is 15.1. The van der Waals surface area contributed by atoms with E-state index in [-0.39, 0.29) is 18.9 Å². The zero-order valence-electron chi connectivity index (χ0n) is 11.6. The molecule has 6 heteroatoms. The van der Waals surface area contributed by atoms with Gasteiger partial charge >= 0.3 is 5.97 Å². The molecule has 20 heavy (non-hydrogen) atoms. The van der Waals surface area contributed by atoms with Crippen molar-refractivity contribution in [1.29, 1.82) is 0 Å². The van der Waals surface area contributed by atoms with Crippen molar-refractivity contribution in [2.75, 3.05) is 25.0 Å². The molecule has 0 aliphatic rings. The summed E-state index contributed by atoms with van der Waals surface area (Å²) in [6.45, 7) is 5.03. The lowest BCUT2D eigenvalue weighted by Crippen LogP contribution is -2.34. The molecule has 1 rings (SSSR count). The average Bonchev–Trinajstić information content (AvgIpc) is 2.37. The fourth-order valence-electron chi connectivity index (χ4n) is 1.76. The molecule has 110 valence electrons. The second-order valence-electron chi connectivity index (χ2n) is 4.52. The molecule has 2 N–H and O–H groups in total. The van der Waals surface area contributed by atoms with Crippen LogP contribution >= 0.6 is 15.9 Å². The molecule has 1 amide bonds. The van der Waals surface area contributed by atoms with E-state index in [0.29, 0.717) is 13.1 Å². The van der Waals surface area contributed by atoms with E-state index in [1.165, 1.54) is 0 Å². The van der Waals surface area contributed by atoms with E-state index in [9.17, 15) is 9.59 Å². The van der Waals surface area contributed by atoms with Crippen molar-refractivity contribution in [3.05, 3.63) is 28.2 Å². The Morgan fingerprint density at radius 1 is 1.40 bits per heavy atom. The smallest absolute Gasteiger partial charge is 0.304 e. The number of aliphatic carboxylic acids is 1. The van der Waals surface area contributed by atoms with Crippen LogP contribution in [0, 0.1) is 6.92 Å². The standard InChI is InChI=1S/C14H19BrN2O3/c1-3-17(7-6-14(19)20)9-13(18)16-12-5-4-11(15)8-10(12)2/h4-5,8H,3,6-7,9H2,1-2H3,(H,16,18)(H,19,20). The SMILES string of the molecule is CCN(CCC(=O)O)CC(=O)Nc1ccc(Br)cc1C. The maximum atomic E-state index is 12.0. The molecule has 0 fully saturated rings. The van der Waals surface area contributed by atoms with Gasteiger partial charge in [0.15, 0.2) is 0 Å². The van der Waals surface area contributed by atoms with E-state index < -0.39 is 5.97 Å². The summed E-state index contributed by atoms with van der Waals surface area (Å²) >= 11 is 3.37. The van der Waals surface area contributed by atoms with Crippen LogP contribution in [-0.4, -0.2) is 41.5 Å². The summed E-state index contributed by atoms with van der Waals surface area (Å²) in [5.41, 5.74) is 1.74. The lowest BCUT2D eigenvalue weighted by atomic mass is 10.2. The molecule has 0 atom stereocenters. The Balaban J connectivity index is 2.55. The highest BCUT2D eigenvalue weighted by atomic mass is 79.9. The summed E-state index contributed by atoms with van der Waals surface area (Å²) < 4.78 is 0.963. The van der Waals surface area contributed by atoms with E-state index in [1.807, 2.05) is 32.0 Å². The van der Waals surface area contributed by atoms with E-state index in [1.54, 1.807) is 4.90 Å². The maximum absolute atomic E-state index is 12.0. The van der Waals surface area contributed by atoms with E-state index in [4.69, 9.17) is 5.11 Å². The Labute approximate surface area is 127 Å². The molecule has 0 aliphatic heterocycles. The molecule has 0 aromatic heterocycles. The number of likely N-dealkylation sites (N-methyl/N-ethyl adjacent to an activating group) is 1. The van der Waals surface area contributed by atoms with Crippen molar-refractivity contribution < 1.29 is 14.7 Å². The Hall–Kier alpha value is -1.40. The minimum atomic E-state index is -0.854. The Morgan fingerprint density at radius 3 is 2.65 bits per heavy atom. The van der Waals surface area contributed by atoms with Crippen LogP contribution in [0.5, 0.6) is 0 Å². The predicted molar refractivity (Wildman–Crippen MR) is 81.9 cm³/mol. The van der Waals surface area contributed by atoms with Gasteiger partial charge in [0.1, 0.15) is 0 Å². The number of anilines is 1. The van der Waals surface area contributed by atoms with Crippen LogP contribution in [0.15, 0.2) is 22.7 Å². The second kappa shape index (κ2) is 8.01. The zero-order valence-corrected chi connectivity index (χ0v) is 13.2. The normalized spacial score (nSPS) is 10.6. The minimum absolute atomic E-state index is 0.0401. The molecule has 0 spiro atoms. The van der Waals surface area contributed by atoms with Crippen molar-refractivity contribution in [3.8, 4) is 0 Å². The van der Waals surface area contributed by atoms with Crippen LogP contribution in [0.1, 0.15) is 18.9 Å². The Morgan fingerprint density at radius 2 is 2.10 bits per heavy atom. The number of benzene rings is 1. The van der Waals surface area contributed by atoms with Gasteiger partial charge in [-0.05, 0) is 37.2 Å². The van der Waals surface area contributed by atoms with Crippen molar-refractivity contribution in [1.82, 2.24) is 4.90 Å². The van der Waals surface area contributed by atoms with Gasteiger partial charge < -0.3 is 10.4 Å². The fraction of sp³-hybridized carbons (Fsp3) is 0.429. The number of halogens is 1.